The molecule has 0 nitrogen and oxygen atoms in total. The van der Waals surface area contributed by atoms with Gasteiger partial charge < -0.3 is 0 Å². The summed E-state index contributed by atoms with van der Waals surface area (Å²) in [4.78, 5) is 0. The van der Waals surface area contributed by atoms with Crippen LogP contribution in [0, 0.1) is 5.92 Å². The molecule has 0 spiro atoms. The topological polar surface area (TPSA) is 0 Å². The summed E-state index contributed by atoms with van der Waals surface area (Å²) in [7, 11) is 0. The van der Waals surface area contributed by atoms with Crippen molar-refractivity contribution in [3.8, 4) is 0 Å². The fraction of sp³-hybridized carbons (Fsp3) is 0.750. The number of halogens is 3. The highest BCUT2D eigenvalue weighted by Crippen LogP contribution is 2.33. The first kappa shape index (κ1) is 9.34. The summed E-state index contributed by atoms with van der Waals surface area (Å²) in [5.41, 5.74) is 0. The zero-order valence-electron chi connectivity index (χ0n) is 6.25. The average Bonchev–Trinajstić information content (AvgIpc) is 2.05. The summed E-state index contributed by atoms with van der Waals surface area (Å²) in [6.07, 6.45) is 5.20. The van der Waals surface area contributed by atoms with Crippen LogP contribution in [0.25, 0.3) is 0 Å². The second-order valence-electron chi connectivity index (χ2n) is 2.94. The monoisotopic (exact) mass is 196 g/mol. The van der Waals surface area contributed by atoms with Crippen LogP contribution in [-0.2, 0) is 0 Å². The zero-order valence-corrected chi connectivity index (χ0v) is 7.76. The first-order chi connectivity index (χ1) is 5.22. The Morgan fingerprint density at radius 2 is 1.64 bits per heavy atom. The minimum absolute atomic E-state index is 0.00579. The lowest BCUT2D eigenvalue weighted by atomic mass is 9.89. The van der Waals surface area contributed by atoms with Gasteiger partial charge in [0.15, 0.2) is 0 Å². The molecule has 1 fully saturated rings. The molecule has 1 rings (SSSR count). The third kappa shape index (κ3) is 2.64. The van der Waals surface area contributed by atoms with E-state index in [4.69, 9.17) is 23.2 Å². The Morgan fingerprint density at radius 3 is 2.09 bits per heavy atom. The summed E-state index contributed by atoms with van der Waals surface area (Å²) in [5, 5.41) is 0. The van der Waals surface area contributed by atoms with E-state index in [1.807, 2.05) is 0 Å². The summed E-state index contributed by atoms with van der Waals surface area (Å²) in [6, 6.07) is 0. The molecule has 1 aliphatic rings. The smallest absolute Gasteiger partial charge is 0.138 e. The van der Waals surface area contributed by atoms with Crippen molar-refractivity contribution in [2.24, 2.45) is 5.92 Å². The third-order valence-corrected chi connectivity index (χ3v) is 2.51. The highest BCUT2D eigenvalue weighted by atomic mass is 35.5. The second-order valence-corrected chi connectivity index (χ2v) is 3.89. The Labute approximate surface area is 76.4 Å². The second kappa shape index (κ2) is 4.32. The molecule has 0 bridgehead atoms. The van der Waals surface area contributed by atoms with Gasteiger partial charge in [-0.25, -0.2) is 4.39 Å². The molecule has 0 aromatic heterocycles. The predicted molar refractivity (Wildman–Crippen MR) is 46.4 cm³/mol. The molecule has 0 atom stereocenters. The Bertz CT molecular complexity index is 155. The van der Waals surface area contributed by atoms with Gasteiger partial charge in [-0.15, -0.1) is 0 Å². The van der Waals surface area contributed by atoms with Gasteiger partial charge in [0, 0.05) is 5.92 Å². The number of hydrogen-bond donors (Lipinski definition) is 0. The van der Waals surface area contributed by atoms with E-state index in [1.165, 1.54) is 6.42 Å². The standard InChI is InChI=1S/C8H11Cl2F/c9-8(10)7(11)6-4-2-1-3-5-6/h6H,1-5H2. The van der Waals surface area contributed by atoms with Crippen LogP contribution >= 0.6 is 23.2 Å². The van der Waals surface area contributed by atoms with Crippen molar-refractivity contribution < 1.29 is 4.39 Å². The van der Waals surface area contributed by atoms with E-state index in [0.717, 1.165) is 25.7 Å². The lowest BCUT2D eigenvalue weighted by molar-refractivity contribution is 0.348. The zero-order chi connectivity index (χ0) is 8.27. The Balaban J connectivity index is 2.52. The lowest BCUT2D eigenvalue weighted by Crippen LogP contribution is -2.06. The van der Waals surface area contributed by atoms with Crippen molar-refractivity contribution >= 4 is 23.2 Å². The molecule has 0 aromatic carbocycles. The van der Waals surface area contributed by atoms with E-state index in [0.29, 0.717) is 0 Å². The molecule has 3 heteroatoms. The molecule has 1 aliphatic carbocycles. The summed E-state index contributed by atoms with van der Waals surface area (Å²) < 4.78 is 12.8. The molecule has 0 radical (unpaired) electrons. The summed E-state index contributed by atoms with van der Waals surface area (Å²) in [5.74, 6) is -0.318. The minimum Gasteiger partial charge on any atom is -0.209 e. The van der Waals surface area contributed by atoms with Gasteiger partial charge in [-0.2, -0.15) is 0 Å². The minimum atomic E-state index is -0.312. The fourth-order valence-electron chi connectivity index (χ4n) is 1.51. The SMILES string of the molecule is FC(=C(Cl)Cl)C1CCCCC1. The lowest BCUT2D eigenvalue weighted by Gasteiger charge is -2.19. The normalized spacial score (nSPS) is 19.9. The maximum atomic E-state index is 13.0. The van der Waals surface area contributed by atoms with E-state index < -0.39 is 0 Å². The largest absolute Gasteiger partial charge is 0.209 e. The van der Waals surface area contributed by atoms with Gasteiger partial charge in [-0.3, -0.25) is 0 Å². The maximum Gasteiger partial charge on any atom is 0.138 e. The molecule has 11 heavy (non-hydrogen) atoms. The van der Waals surface area contributed by atoms with Crippen LogP contribution in [-0.4, -0.2) is 0 Å². The molecule has 1 saturated carbocycles. The van der Waals surface area contributed by atoms with Crippen LogP contribution in [0.2, 0.25) is 0 Å². The van der Waals surface area contributed by atoms with Crippen LogP contribution in [0.3, 0.4) is 0 Å². The van der Waals surface area contributed by atoms with E-state index in [9.17, 15) is 4.39 Å². The van der Waals surface area contributed by atoms with Crippen LogP contribution in [0.4, 0.5) is 4.39 Å². The maximum absolute atomic E-state index is 13.0. The molecular weight excluding hydrogens is 186 g/mol. The third-order valence-electron chi connectivity index (χ3n) is 2.14. The number of rotatable bonds is 1. The van der Waals surface area contributed by atoms with Gasteiger partial charge in [0.25, 0.3) is 0 Å². The van der Waals surface area contributed by atoms with E-state index in [2.05, 4.69) is 0 Å². The molecule has 64 valence electrons. The highest BCUT2D eigenvalue weighted by molar-refractivity contribution is 6.56. The predicted octanol–water partition coefficient (Wildman–Crippen LogP) is 4.18. The van der Waals surface area contributed by atoms with Crippen LogP contribution < -0.4 is 0 Å². The molecular formula is C8H11Cl2F. The van der Waals surface area contributed by atoms with Crippen molar-refractivity contribution in [3.63, 3.8) is 0 Å². The van der Waals surface area contributed by atoms with Gasteiger partial charge in [-0.1, -0.05) is 42.5 Å². The highest BCUT2D eigenvalue weighted by Gasteiger charge is 2.19. The van der Waals surface area contributed by atoms with Crippen molar-refractivity contribution in [3.05, 3.63) is 10.3 Å². The van der Waals surface area contributed by atoms with E-state index in [-0.39, 0.29) is 16.2 Å². The Morgan fingerprint density at radius 1 is 1.09 bits per heavy atom. The first-order valence-corrected chi connectivity index (χ1v) is 4.68. The van der Waals surface area contributed by atoms with Gasteiger partial charge in [0.05, 0.1) is 0 Å². The Hall–Kier alpha value is 0.250. The molecule has 0 N–H and O–H groups in total. The van der Waals surface area contributed by atoms with Crippen LogP contribution in [0.1, 0.15) is 32.1 Å². The van der Waals surface area contributed by atoms with Crippen molar-refractivity contribution in [2.45, 2.75) is 32.1 Å². The first-order valence-electron chi connectivity index (χ1n) is 3.92. The molecule has 0 aromatic rings. The number of allylic oxidation sites excluding steroid dienone is 1. The molecule has 0 amide bonds. The van der Waals surface area contributed by atoms with Gasteiger partial charge in [0.2, 0.25) is 0 Å². The molecule has 0 saturated heterocycles. The van der Waals surface area contributed by atoms with Crippen molar-refractivity contribution in [1.82, 2.24) is 0 Å². The quantitative estimate of drug-likeness (QED) is 0.591. The average molecular weight is 197 g/mol. The van der Waals surface area contributed by atoms with Gasteiger partial charge in [0.1, 0.15) is 10.3 Å². The molecule has 0 heterocycles. The summed E-state index contributed by atoms with van der Waals surface area (Å²) in [6.45, 7) is 0. The van der Waals surface area contributed by atoms with Crippen molar-refractivity contribution in [1.29, 1.82) is 0 Å². The van der Waals surface area contributed by atoms with Gasteiger partial charge >= 0.3 is 0 Å². The molecule has 0 aliphatic heterocycles. The number of hydrogen-bond acceptors (Lipinski definition) is 0. The van der Waals surface area contributed by atoms with E-state index >= 15 is 0 Å². The van der Waals surface area contributed by atoms with Crippen LogP contribution in [0.15, 0.2) is 10.3 Å². The summed E-state index contributed by atoms with van der Waals surface area (Å²) >= 11 is 10.7. The molecule has 0 unspecified atom stereocenters. The fourth-order valence-corrected chi connectivity index (χ4v) is 1.82. The van der Waals surface area contributed by atoms with Crippen molar-refractivity contribution in [2.75, 3.05) is 0 Å². The van der Waals surface area contributed by atoms with E-state index in [1.54, 1.807) is 0 Å². The van der Waals surface area contributed by atoms with Gasteiger partial charge in [-0.05, 0) is 12.8 Å². The Kier molecular flexibility index (Phi) is 3.67. The van der Waals surface area contributed by atoms with Crippen LogP contribution in [0.5, 0.6) is 0 Å².